The molecule has 0 unspecified atom stereocenters. The van der Waals surface area contributed by atoms with E-state index in [1.54, 1.807) is 21.8 Å². The van der Waals surface area contributed by atoms with Crippen LogP contribution >= 0.6 is 11.3 Å². The lowest BCUT2D eigenvalue weighted by molar-refractivity contribution is 0.102. The van der Waals surface area contributed by atoms with Gasteiger partial charge in [0.05, 0.1) is 18.8 Å². The summed E-state index contributed by atoms with van der Waals surface area (Å²) in [6, 6.07) is 0. The van der Waals surface area contributed by atoms with Crippen molar-refractivity contribution in [1.82, 2.24) is 14.8 Å². The Balaban J connectivity index is 2.46. The smallest absolute Gasteiger partial charge is 0.234 e. The monoisotopic (exact) mass is 237 g/mol. The minimum Gasteiger partial charge on any atom is -0.493 e. The molecule has 0 spiro atoms. The molecular weight excluding hydrogens is 226 g/mol. The van der Waals surface area contributed by atoms with Gasteiger partial charge < -0.3 is 4.74 Å². The minimum absolute atomic E-state index is 0.155. The third-order valence-corrected chi connectivity index (χ3v) is 2.79. The molecule has 0 N–H and O–H groups in total. The van der Waals surface area contributed by atoms with Crippen LogP contribution in [0.15, 0.2) is 17.1 Å². The number of nitrogens with zero attached hydrogens (tertiary/aromatic N) is 3. The van der Waals surface area contributed by atoms with Crippen molar-refractivity contribution in [3.63, 3.8) is 0 Å². The fourth-order valence-electron chi connectivity index (χ4n) is 1.43. The molecule has 0 aliphatic rings. The molecule has 0 fully saturated rings. The van der Waals surface area contributed by atoms with Gasteiger partial charge >= 0.3 is 0 Å². The Labute approximate surface area is 96.7 Å². The van der Waals surface area contributed by atoms with Crippen molar-refractivity contribution in [2.75, 3.05) is 7.11 Å². The second-order valence-corrected chi connectivity index (χ2v) is 3.80. The van der Waals surface area contributed by atoms with Crippen LogP contribution in [-0.4, -0.2) is 27.7 Å². The Bertz CT molecular complexity index is 469. The molecule has 2 aromatic heterocycles. The summed E-state index contributed by atoms with van der Waals surface area (Å²) in [6.45, 7) is 2.54. The van der Waals surface area contributed by atoms with Crippen LogP contribution in [0.1, 0.15) is 23.1 Å². The fourth-order valence-corrected chi connectivity index (χ4v) is 1.96. The van der Waals surface area contributed by atoms with E-state index in [0.717, 1.165) is 0 Å². The van der Waals surface area contributed by atoms with E-state index in [4.69, 9.17) is 4.74 Å². The number of hydrogen-bond donors (Lipinski definition) is 0. The Kier molecular flexibility index (Phi) is 3.00. The molecule has 0 atom stereocenters. The van der Waals surface area contributed by atoms with Crippen molar-refractivity contribution < 1.29 is 9.53 Å². The SMILES string of the molecule is CCn1ncc(OC)c1C(=O)c1cscn1. The van der Waals surface area contributed by atoms with Gasteiger partial charge in [0, 0.05) is 11.9 Å². The quantitative estimate of drug-likeness (QED) is 0.758. The zero-order valence-electron chi connectivity index (χ0n) is 9.01. The van der Waals surface area contributed by atoms with Crippen LogP contribution in [0.5, 0.6) is 5.75 Å². The van der Waals surface area contributed by atoms with E-state index in [-0.39, 0.29) is 5.78 Å². The summed E-state index contributed by atoms with van der Waals surface area (Å²) in [7, 11) is 1.52. The third-order valence-electron chi connectivity index (χ3n) is 2.21. The summed E-state index contributed by atoms with van der Waals surface area (Å²) in [6.07, 6.45) is 1.54. The van der Waals surface area contributed by atoms with Crippen LogP contribution in [0.25, 0.3) is 0 Å². The molecule has 84 valence electrons. The van der Waals surface area contributed by atoms with Crippen molar-refractivity contribution in [3.05, 3.63) is 28.5 Å². The van der Waals surface area contributed by atoms with Crippen LogP contribution < -0.4 is 4.74 Å². The number of rotatable bonds is 4. The summed E-state index contributed by atoms with van der Waals surface area (Å²) < 4.78 is 6.73. The van der Waals surface area contributed by atoms with Crippen LogP contribution in [0, 0.1) is 0 Å². The zero-order valence-corrected chi connectivity index (χ0v) is 9.82. The molecule has 0 aliphatic heterocycles. The topological polar surface area (TPSA) is 57.0 Å². The average molecular weight is 237 g/mol. The normalized spacial score (nSPS) is 10.4. The number of hydrogen-bond acceptors (Lipinski definition) is 5. The van der Waals surface area contributed by atoms with Gasteiger partial charge in [-0.2, -0.15) is 5.10 Å². The van der Waals surface area contributed by atoms with Crippen molar-refractivity contribution in [2.24, 2.45) is 0 Å². The predicted molar refractivity (Wildman–Crippen MR) is 60.0 cm³/mol. The van der Waals surface area contributed by atoms with Crippen LogP contribution in [0.4, 0.5) is 0 Å². The Hall–Kier alpha value is -1.69. The number of methoxy groups -OCH3 is 1. The van der Waals surface area contributed by atoms with E-state index >= 15 is 0 Å². The van der Waals surface area contributed by atoms with Crippen molar-refractivity contribution >= 4 is 17.1 Å². The van der Waals surface area contributed by atoms with Crippen molar-refractivity contribution in [2.45, 2.75) is 13.5 Å². The summed E-state index contributed by atoms with van der Waals surface area (Å²) >= 11 is 1.39. The summed E-state index contributed by atoms with van der Waals surface area (Å²) in [5.41, 5.74) is 2.52. The molecule has 0 saturated carbocycles. The molecule has 2 aromatic rings. The first-order valence-electron chi connectivity index (χ1n) is 4.80. The maximum Gasteiger partial charge on any atom is 0.234 e. The number of ketones is 1. The van der Waals surface area contributed by atoms with Crippen molar-refractivity contribution in [3.8, 4) is 5.75 Å². The lowest BCUT2D eigenvalue weighted by atomic mass is 10.2. The summed E-state index contributed by atoms with van der Waals surface area (Å²) in [5, 5.41) is 5.80. The largest absolute Gasteiger partial charge is 0.493 e. The molecule has 0 radical (unpaired) electrons. The van der Waals surface area contributed by atoms with Crippen LogP contribution in [0.2, 0.25) is 0 Å². The average Bonchev–Trinajstić information content (AvgIpc) is 2.96. The number of ether oxygens (including phenoxy) is 1. The van der Waals surface area contributed by atoms with E-state index in [2.05, 4.69) is 10.1 Å². The van der Waals surface area contributed by atoms with Gasteiger partial charge in [-0.25, -0.2) is 4.98 Å². The lowest BCUT2D eigenvalue weighted by Gasteiger charge is -2.04. The fraction of sp³-hybridized carbons (Fsp3) is 0.300. The van der Waals surface area contributed by atoms with Gasteiger partial charge in [0.1, 0.15) is 5.69 Å². The number of aryl methyl sites for hydroxylation is 1. The van der Waals surface area contributed by atoms with E-state index in [1.807, 2.05) is 6.92 Å². The van der Waals surface area contributed by atoms with E-state index in [0.29, 0.717) is 23.7 Å². The molecule has 6 heteroatoms. The Morgan fingerprint density at radius 3 is 3.00 bits per heavy atom. The zero-order chi connectivity index (χ0) is 11.5. The third kappa shape index (κ3) is 1.71. The highest BCUT2D eigenvalue weighted by Crippen LogP contribution is 2.21. The molecule has 5 nitrogen and oxygen atoms in total. The highest BCUT2D eigenvalue weighted by atomic mass is 32.1. The highest BCUT2D eigenvalue weighted by molar-refractivity contribution is 7.07. The number of aromatic nitrogens is 3. The molecule has 0 bridgehead atoms. The maximum absolute atomic E-state index is 12.1. The first kappa shape index (κ1) is 10.8. The number of thiazole rings is 1. The molecule has 0 aliphatic carbocycles. The van der Waals surface area contributed by atoms with Gasteiger partial charge in [0.15, 0.2) is 11.4 Å². The van der Waals surface area contributed by atoms with Gasteiger partial charge in [0.2, 0.25) is 5.78 Å². The molecule has 2 rings (SSSR count). The standard InChI is InChI=1S/C10H11N3O2S/c1-3-13-9(8(15-2)4-12-13)10(14)7-5-16-6-11-7/h4-6H,3H2,1-2H3. The molecule has 0 saturated heterocycles. The van der Waals surface area contributed by atoms with Crippen LogP contribution in [0.3, 0.4) is 0 Å². The predicted octanol–water partition coefficient (Wildman–Crippen LogP) is 1.60. The number of carbonyl (C=O) groups is 1. The van der Waals surface area contributed by atoms with E-state index in [9.17, 15) is 4.79 Å². The Morgan fingerprint density at radius 1 is 1.62 bits per heavy atom. The molecule has 0 aromatic carbocycles. The maximum atomic E-state index is 12.1. The summed E-state index contributed by atoms with van der Waals surface area (Å²) in [4.78, 5) is 16.1. The van der Waals surface area contributed by atoms with E-state index < -0.39 is 0 Å². The molecule has 0 amide bonds. The first-order valence-corrected chi connectivity index (χ1v) is 5.75. The second kappa shape index (κ2) is 4.44. The molecular formula is C10H11N3O2S. The van der Waals surface area contributed by atoms with E-state index in [1.165, 1.54) is 18.4 Å². The second-order valence-electron chi connectivity index (χ2n) is 3.08. The van der Waals surface area contributed by atoms with Crippen LogP contribution in [-0.2, 0) is 6.54 Å². The highest BCUT2D eigenvalue weighted by Gasteiger charge is 2.21. The first-order chi connectivity index (χ1) is 7.77. The molecule has 16 heavy (non-hydrogen) atoms. The lowest BCUT2D eigenvalue weighted by Crippen LogP contribution is -2.11. The Morgan fingerprint density at radius 2 is 2.44 bits per heavy atom. The van der Waals surface area contributed by atoms with Gasteiger partial charge in [-0.15, -0.1) is 11.3 Å². The minimum atomic E-state index is -0.155. The molecule has 2 heterocycles. The van der Waals surface area contributed by atoms with Gasteiger partial charge in [-0.1, -0.05) is 0 Å². The van der Waals surface area contributed by atoms with Gasteiger partial charge in [-0.3, -0.25) is 9.48 Å². The number of carbonyl (C=O) groups excluding carboxylic acids is 1. The summed E-state index contributed by atoms with van der Waals surface area (Å²) in [5.74, 6) is 0.331. The van der Waals surface area contributed by atoms with Gasteiger partial charge in [-0.05, 0) is 6.92 Å². The van der Waals surface area contributed by atoms with Gasteiger partial charge in [0.25, 0.3) is 0 Å². The van der Waals surface area contributed by atoms with Crippen molar-refractivity contribution in [1.29, 1.82) is 0 Å².